The zero-order valence-electron chi connectivity index (χ0n) is 18.5. The average molecular weight is 522 g/mol. The van der Waals surface area contributed by atoms with Crippen molar-refractivity contribution in [3.8, 4) is 11.5 Å². The van der Waals surface area contributed by atoms with Gasteiger partial charge in [0.05, 0.1) is 32.3 Å². The van der Waals surface area contributed by atoms with Crippen LogP contribution in [0.5, 0.6) is 11.5 Å². The molecule has 0 spiro atoms. The number of nitro groups is 3. The Kier molecular flexibility index (Phi) is 6.92. The van der Waals surface area contributed by atoms with Crippen LogP contribution < -0.4 is 4.74 Å². The van der Waals surface area contributed by atoms with Crippen LogP contribution in [0.4, 0.5) is 21.9 Å². The number of nitrogens with zero attached hydrogens (tertiary/aromatic N) is 4. The molecule has 14 heteroatoms. The number of imide groups is 1. The summed E-state index contributed by atoms with van der Waals surface area (Å²) in [6.07, 6.45) is 1.46. The van der Waals surface area contributed by atoms with Crippen LogP contribution >= 0.6 is 11.8 Å². The predicted octanol–water partition coefficient (Wildman–Crippen LogP) is 5.44. The van der Waals surface area contributed by atoms with Crippen molar-refractivity contribution < 1.29 is 29.1 Å². The molecule has 3 aromatic rings. The van der Waals surface area contributed by atoms with Crippen molar-refractivity contribution >= 4 is 46.0 Å². The Morgan fingerprint density at radius 2 is 1.51 bits per heavy atom. The van der Waals surface area contributed by atoms with Gasteiger partial charge >= 0.3 is 5.69 Å². The predicted molar refractivity (Wildman–Crippen MR) is 131 cm³/mol. The summed E-state index contributed by atoms with van der Waals surface area (Å²) in [6.45, 7) is -0.0625. The van der Waals surface area contributed by atoms with E-state index in [-0.39, 0.29) is 28.6 Å². The Bertz CT molecular complexity index is 1490. The lowest BCUT2D eigenvalue weighted by atomic mass is 10.2. The van der Waals surface area contributed by atoms with Gasteiger partial charge in [-0.25, -0.2) is 0 Å². The van der Waals surface area contributed by atoms with Gasteiger partial charge in [0.25, 0.3) is 22.5 Å². The normalized spacial score (nSPS) is 14.2. The molecule has 0 radical (unpaired) electrons. The molecule has 186 valence electrons. The number of hydrogen-bond donors (Lipinski definition) is 0. The van der Waals surface area contributed by atoms with Gasteiger partial charge in [-0.2, -0.15) is 0 Å². The summed E-state index contributed by atoms with van der Waals surface area (Å²) in [5, 5.41) is 32.6. The minimum atomic E-state index is -0.798. The lowest BCUT2D eigenvalue weighted by Crippen LogP contribution is -2.27. The van der Waals surface area contributed by atoms with Gasteiger partial charge in [-0.15, -0.1) is 0 Å². The van der Waals surface area contributed by atoms with Crippen LogP contribution in [0, 0.1) is 30.3 Å². The van der Waals surface area contributed by atoms with Gasteiger partial charge in [-0.1, -0.05) is 24.3 Å². The van der Waals surface area contributed by atoms with Crippen LogP contribution in [0.2, 0.25) is 0 Å². The lowest BCUT2D eigenvalue weighted by Gasteiger charge is -2.12. The molecule has 0 aromatic heterocycles. The standard InChI is InChI=1S/C23H14N4O9S/c28-22-21(37-23(29)24(22)13-14-4-6-16(7-5-14)25(30)31)11-15-2-1-3-18(10-15)36-20-9-8-17(26(32)33)12-19(20)27(34)35/h1-12H,13H2/b21-11-. The summed E-state index contributed by atoms with van der Waals surface area (Å²) in [6, 6.07) is 14.7. The number of thioether (sulfide) groups is 1. The number of amides is 2. The summed E-state index contributed by atoms with van der Waals surface area (Å²) in [5.74, 6) is -0.599. The molecular weight excluding hydrogens is 508 g/mol. The monoisotopic (exact) mass is 522 g/mol. The first kappa shape index (κ1) is 25.0. The zero-order chi connectivity index (χ0) is 26.7. The van der Waals surface area contributed by atoms with Crippen LogP contribution in [-0.2, 0) is 11.3 Å². The number of hydrogen-bond acceptors (Lipinski definition) is 10. The number of carbonyl (C=O) groups is 2. The smallest absolute Gasteiger partial charge is 0.318 e. The minimum Gasteiger partial charge on any atom is -0.450 e. The van der Waals surface area contributed by atoms with Crippen molar-refractivity contribution in [1.82, 2.24) is 4.90 Å². The molecule has 0 bridgehead atoms. The Labute approximate surface area is 211 Å². The first-order chi connectivity index (χ1) is 17.6. The first-order valence-corrected chi connectivity index (χ1v) is 11.1. The summed E-state index contributed by atoms with van der Waals surface area (Å²) >= 11 is 0.721. The highest BCUT2D eigenvalue weighted by atomic mass is 32.2. The Morgan fingerprint density at radius 3 is 2.16 bits per heavy atom. The van der Waals surface area contributed by atoms with Gasteiger partial charge in [-0.3, -0.25) is 44.8 Å². The molecular formula is C23H14N4O9S. The molecule has 1 fully saturated rings. The highest BCUT2D eigenvalue weighted by molar-refractivity contribution is 8.18. The topological polar surface area (TPSA) is 176 Å². The van der Waals surface area contributed by atoms with Crippen molar-refractivity contribution in [3.63, 3.8) is 0 Å². The first-order valence-electron chi connectivity index (χ1n) is 10.3. The van der Waals surface area contributed by atoms with E-state index in [1.54, 1.807) is 12.1 Å². The van der Waals surface area contributed by atoms with E-state index in [0.717, 1.165) is 34.9 Å². The van der Waals surface area contributed by atoms with Crippen LogP contribution in [0.3, 0.4) is 0 Å². The summed E-state index contributed by atoms with van der Waals surface area (Å²) in [4.78, 5) is 57.4. The van der Waals surface area contributed by atoms with Gasteiger partial charge in [0, 0.05) is 18.2 Å². The van der Waals surface area contributed by atoms with Gasteiger partial charge in [-0.05, 0) is 47.2 Å². The fourth-order valence-electron chi connectivity index (χ4n) is 3.34. The Morgan fingerprint density at radius 1 is 0.838 bits per heavy atom. The molecule has 0 N–H and O–H groups in total. The van der Waals surface area contributed by atoms with E-state index in [0.29, 0.717) is 11.1 Å². The molecule has 0 unspecified atom stereocenters. The molecule has 1 saturated heterocycles. The maximum atomic E-state index is 12.8. The number of nitro benzene ring substituents is 3. The SMILES string of the molecule is O=C1S/C(=C\c2cccc(Oc3ccc([N+](=O)[O-])cc3[N+](=O)[O-])c2)C(=O)N1Cc1ccc([N+](=O)[O-])cc1. The summed E-state index contributed by atoms with van der Waals surface area (Å²) in [5.41, 5.74) is -0.166. The third kappa shape index (κ3) is 5.59. The molecule has 13 nitrogen and oxygen atoms in total. The van der Waals surface area contributed by atoms with Crippen molar-refractivity contribution in [2.75, 3.05) is 0 Å². The van der Waals surface area contributed by atoms with Crippen molar-refractivity contribution in [3.05, 3.63) is 113 Å². The largest absolute Gasteiger partial charge is 0.450 e. The van der Waals surface area contributed by atoms with E-state index in [2.05, 4.69) is 0 Å². The van der Waals surface area contributed by atoms with Gasteiger partial charge < -0.3 is 4.74 Å². The second kappa shape index (κ2) is 10.2. The molecule has 0 aliphatic carbocycles. The second-order valence-corrected chi connectivity index (χ2v) is 8.53. The van der Waals surface area contributed by atoms with Crippen LogP contribution in [-0.4, -0.2) is 30.8 Å². The Hall–Kier alpha value is -5.11. The summed E-state index contributed by atoms with van der Waals surface area (Å²) in [7, 11) is 0. The molecule has 0 atom stereocenters. The van der Waals surface area contributed by atoms with Gasteiger partial charge in [0.15, 0.2) is 0 Å². The van der Waals surface area contributed by atoms with E-state index in [1.807, 2.05) is 0 Å². The fourth-order valence-corrected chi connectivity index (χ4v) is 4.17. The number of carbonyl (C=O) groups excluding carboxylic acids is 2. The molecule has 1 heterocycles. The van der Waals surface area contributed by atoms with Crippen LogP contribution in [0.1, 0.15) is 11.1 Å². The van der Waals surface area contributed by atoms with E-state index >= 15 is 0 Å². The maximum absolute atomic E-state index is 12.8. The number of benzene rings is 3. The molecule has 4 rings (SSSR count). The molecule has 2 amide bonds. The van der Waals surface area contributed by atoms with Crippen molar-refractivity contribution in [2.24, 2.45) is 0 Å². The number of rotatable bonds is 8. The Balaban J connectivity index is 1.53. The highest BCUT2D eigenvalue weighted by Gasteiger charge is 2.35. The quantitative estimate of drug-likeness (QED) is 0.210. The van der Waals surface area contributed by atoms with Crippen molar-refractivity contribution in [2.45, 2.75) is 6.54 Å². The second-order valence-electron chi connectivity index (χ2n) is 7.53. The van der Waals surface area contributed by atoms with Crippen LogP contribution in [0.25, 0.3) is 6.08 Å². The highest BCUT2D eigenvalue weighted by Crippen LogP contribution is 2.36. The number of ether oxygens (including phenoxy) is 1. The third-order valence-electron chi connectivity index (χ3n) is 5.10. The molecule has 1 aliphatic heterocycles. The van der Waals surface area contributed by atoms with Gasteiger partial charge in [0.1, 0.15) is 5.75 Å². The molecule has 37 heavy (non-hydrogen) atoms. The fraction of sp³-hybridized carbons (Fsp3) is 0.0435. The number of non-ortho nitro benzene ring substituents is 2. The van der Waals surface area contributed by atoms with E-state index < -0.39 is 37.3 Å². The van der Waals surface area contributed by atoms with Crippen molar-refractivity contribution in [1.29, 1.82) is 0 Å². The minimum absolute atomic E-state index is 0.0625. The molecule has 0 saturated carbocycles. The molecule has 3 aromatic carbocycles. The lowest BCUT2D eigenvalue weighted by molar-refractivity contribution is -0.394. The van der Waals surface area contributed by atoms with Gasteiger partial charge in [0.2, 0.25) is 5.75 Å². The van der Waals surface area contributed by atoms with E-state index in [4.69, 9.17) is 4.74 Å². The van der Waals surface area contributed by atoms with Crippen LogP contribution in [0.15, 0.2) is 71.6 Å². The maximum Gasteiger partial charge on any atom is 0.318 e. The zero-order valence-corrected chi connectivity index (χ0v) is 19.3. The summed E-state index contributed by atoms with van der Waals surface area (Å²) < 4.78 is 5.57. The average Bonchev–Trinajstić information content (AvgIpc) is 3.11. The van der Waals surface area contributed by atoms with E-state index in [9.17, 15) is 39.9 Å². The van der Waals surface area contributed by atoms with E-state index in [1.165, 1.54) is 42.5 Å². The molecule has 1 aliphatic rings. The third-order valence-corrected chi connectivity index (χ3v) is 6.00.